The maximum absolute atomic E-state index is 13.1. The third-order valence-electron chi connectivity index (χ3n) is 8.81. The number of nitrogens with zero attached hydrogens (tertiary/aromatic N) is 6. The summed E-state index contributed by atoms with van der Waals surface area (Å²) in [4.78, 5) is 26.1. The lowest BCUT2D eigenvalue weighted by Gasteiger charge is -2.23. The zero-order valence-electron chi connectivity index (χ0n) is 25.7. The number of hydrogen-bond acceptors (Lipinski definition) is 8. The van der Waals surface area contributed by atoms with E-state index in [1.165, 1.54) is 5.56 Å². The van der Waals surface area contributed by atoms with E-state index in [2.05, 4.69) is 55.3 Å². The van der Waals surface area contributed by atoms with Crippen molar-refractivity contribution in [2.24, 2.45) is 0 Å². The molecule has 0 saturated carbocycles. The number of pyridine rings is 1. The van der Waals surface area contributed by atoms with Crippen LogP contribution in [0.1, 0.15) is 98.4 Å². The number of benzene rings is 1. The number of H-pyrrole nitrogens is 1. The fourth-order valence-corrected chi connectivity index (χ4v) is 6.37. The molecule has 5 aromatic rings. The second kappa shape index (κ2) is 11.3. The van der Waals surface area contributed by atoms with Crippen LogP contribution in [0.2, 0.25) is 0 Å². The number of amides is 1. The molecule has 1 aromatic carbocycles. The van der Waals surface area contributed by atoms with Crippen LogP contribution in [0, 0.1) is 6.92 Å². The number of nitrogens with one attached hydrogen (secondary N) is 2. The van der Waals surface area contributed by atoms with E-state index in [-0.39, 0.29) is 23.3 Å². The first-order chi connectivity index (χ1) is 21.3. The van der Waals surface area contributed by atoms with Gasteiger partial charge in [-0.1, -0.05) is 45.4 Å². The van der Waals surface area contributed by atoms with E-state index >= 15 is 0 Å². The van der Waals surface area contributed by atoms with Crippen LogP contribution in [0.15, 0.2) is 41.1 Å². The van der Waals surface area contributed by atoms with Crippen LogP contribution < -0.4 is 5.32 Å². The van der Waals surface area contributed by atoms with Gasteiger partial charge in [-0.3, -0.25) is 9.48 Å². The molecule has 1 saturated heterocycles. The van der Waals surface area contributed by atoms with Crippen LogP contribution in [-0.2, 0) is 16.6 Å². The molecular weight excluding hydrogens is 556 g/mol. The van der Waals surface area contributed by atoms with Gasteiger partial charge in [0, 0.05) is 36.1 Å². The molecule has 228 valence electrons. The lowest BCUT2D eigenvalue weighted by Crippen LogP contribution is -2.29. The van der Waals surface area contributed by atoms with Crippen LogP contribution in [0.5, 0.6) is 0 Å². The van der Waals surface area contributed by atoms with Crippen LogP contribution in [0.25, 0.3) is 33.7 Å². The fourth-order valence-electron chi connectivity index (χ4n) is 6.37. The Labute approximate surface area is 255 Å². The number of aromatic nitrogens is 7. The summed E-state index contributed by atoms with van der Waals surface area (Å²) in [5.74, 6) is 0.873. The van der Waals surface area contributed by atoms with Crippen molar-refractivity contribution < 1.29 is 13.9 Å². The summed E-state index contributed by atoms with van der Waals surface area (Å²) in [6.45, 7) is 9.56. The highest BCUT2D eigenvalue weighted by atomic mass is 16.5. The predicted octanol–water partition coefficient (Wildman–Crippen LogP) is 6.03. The average Bonchev–Trinajstić information content (AvgIpc) is 3.74. The van der Waals surface area contributed by atoms with Crippen LogP contribution in [0.4, 0.5) is 0 Å². The Morgan fingerprint density at radius 2 is 1.91 bits per heavy atom. The number of hydrogen-bond donors (Lipinski definition) is 2. The molecule has 2 aliphatic rings. The van der Waals surface area contributed by atoms with Gasteiger partial charge in [0.2, 0.25) is 5.89 Å². The number of carbonyl (C=O) groups excluding carboxylic acids is 1. The molecule has 0 spiro atoms. The zero-order chi connectivity index (χ0) is 30.4. The van der Waals surface area contributed by atoms with Crippen molar-refractivity contribution in [3.8, 4) is 22.5 Å². The minimum absolute atomic E-state index is 0.0000985. The van der Waals surface area contributed by atoms with Gasteiger partial charge in [-0.2, -0.15) is 5.10 Å². The van der Waals surface area contributed by atoms with E-state index < -0.39 is 0 Å². The molecule has 44 heavy (non-hydrogen) atoms. The Morgan fingerprint density at radius 3 is 2.70 bits per heavy atom. The summed E-state index contributed by atoms with van der Waals surface area (Å²) < 4.78 is 13.4. The zero-order valence-corrected chi connectivity index (χ0v) is 25.7. The number of carbonyl (C=O) groups is 1. The third kappa shape index (κ3) is 5.29. The fraction of sp³-hybridized carbons (Fsp3) is 0.455. The monoisotopic (exact) mass is 594 g/mol. The Balaban J connectivity index is 1.17. The van der Waals surface area contributed by atoms with E-state index in [9.17, 15) is 4.79 Å². The molecule has 7 rings (SSSR count). The van der Waals surface area contributed by atoms with E-state index in [1.54, 1.807) is 0 Å². The van der Waals surface area contributed by atoms with E-state index in [0.29, 0.717) is 17.6 Å². The van der Waals surface area contributed by atoms with Gasteiger partial charge in [0.1, 0.15) is 5.82 Å². The number of fused-ring (bicyclic) bond motifs is 2. The molecule has 0 radical (unpaired) electrons. The van der Waals surface area contributed by atoms with Gasteiger partial charge in [-0.05, 0) is 61.8 Å². The Kier molecular flexibility index (Phi) is 7.28. The molecule has 11 nitrogen and oxygen atoms in total. The van der Waals surface area contributed by atoms with Crippen molar-refractivity contribution in [3.63, 3.8) is 0 Å². The summed E-state index contributed by atoms with van der Waals surface area (Å²) >= 11 is 0. The van der Waals surface area contributed by atoms with Gasteiger partial charge in [-0.15, -0.1) is 10.2 Å². The molecule has 1 amide bonds. The van der Waals surface area contributed by atoms with Crippen LogP contribution in [0.3, 0.4) is 0 Å². The topological polar surface area (TPSA) is 137 Å². The second-order valence-corrected chi connectivity index (χ2v) is 12.9. The maximum Gasteiger partial charge on any atom is 0.309 e. The summed E-state index contributed by atoms with van der Waals surface area (Å²) in [6.07, 6.45) is 9.49. The third-order valence-corrected chi connectivity index (χ3v) is 8.81. The molecule has 5 heterocycles. The standard InChI is InChI=1S/C33H38N8O3/c1-19-25(18-35-41(19)22-12-15-43-16-13-22)28-37-27-24(11-14-34-29(27)38-28)21-9-10-23-20(17-21)7-5-6-8-26(23)36-30(42)31-39-40-32(44-31)33(2,3)4/h9-11,14,17-18,22,26H,5-8,12-13,15-16H2,1-4H3,(H,36,42)(H,34,37,38)/t26-/m0/s1. The average molecular weight is 595 g/mol. The highest BCUT2D eigenvalue weighted by Gasteiger charge is 2.27. The molecule has 2 N–H and O–H groups in total. The molecule has 1 aliphatic heterocycles. The highest BCUT2D eigenvalue weighted by Crippen LogP contribution is 2.35. The van der Waals surface area contributed by atoms with Crippen molar-refractivity contribution in [2.45, 2.75) is 83.7 Å². The lowest BCUT2D eigenvalue weighted by atomic mass is 9.94. The molecule has 0 unspecified atom stereocenters. The first-order valence-corrected chi connectivity index (χ1v) is 15.5. The second-order valence-electron chi connectivity index (χ2n) is 12.9. The van der Waals surface area contributed by atoms with Crippen molar-refractivity contribution in [2.75, 3.05) is 13.2 Å². The highest BCUT2D eigenvalue weighted by molar-refractivity contribution is 5.92. The Hall–Kier alpha value is -4.38. The van der Waals surface area contributed by atoms with Crippen molar-refractivity contribution >= 4 is 17.1 Å². The van der Waals surface area contributed by atoms with Gasteiger partial charge in [0.05, 0.1) is 29.4 Å². The van der Waals surface area contributed by atoms with Gasteiger partial charge in [-0.25, -0.2) is 9.97 Å². The minimum atomic E-state index is -0.341. The number of rotatable bonds is 5. The SMILES string of the molecule is Cc1c(-c2nc3nccc(-c4ccc5c(c4)CCCC[C@@H]5NC(=O)c4nnc(C(C)(C)C)o4)c3[nH]2)cnn1C1CCOCC1. The van der Waals surface area contributed by atoms with Crippen LogP contribution in [-0.4, -0.2) is 54.1 Å². The molecule has 1 atom stereocenters. The molecule has 4 aromatic heterocycles. The van der Waals surface area contributed by atoms with E-state index in [4.69, 9.17) is 19.2 Å². The molecule has 1 fully saturated rings. The normalized spacial score (nSPS) is 17.9. The number of aromatic amines is 1. The van der Waals surface area contributed by atoms with Crippen LogP contribution >= 0.6 is 0 Å². The van der Waals surface area contributed by atoms with Gasteiger partial charge >= 0.3 is 11.8 Å². The predicted molar refractivity (Wildman–Crippen MR) is 165 cm³/mol. The molecular formula is C33H38N8O3. The summed E-state index contributed by atoms with van der Waals surface area (Å²) in [7, 11) is 0. The van der Waals surface area contributed by atoms with E-state index in [1.807, 2.05) is 39.2 Å². The molecule has 1 aliphatic carbocycles. The quantitative estimate of drug-likeness (QED) is 0.236. The number of imidazole rings is 1. The summed E-state index contributed by atoms with van der Waals surface area (Å²) in [5, 5.41) is 16.0. The number of ether oxygens (including phenoxy) is 1. The summed E-state index contributed by atoms with van der Waals surface area (Å²) in [5.41, 5.74) is 7.79. The molecule has 11 heteroatoms. The van der Waals surface area contributed by atoms with Crippen molar-refractivity contribution in [3.05, 3.63) is 65.3 Å². The molecule has 0 bridgehead atoms. The van der Waals surface area contributed by atoms with E-state index in [0.717, 1.165) is 91.0 Å². The lowest BCUT2D eigenvalue weighted by molar-refractivity contribution is 0.0657. The number of aryl methyl sites for hydroxylation is 1. The summed E-state index contributed by atoms with van der Waals surface area (Å²) in [6, 6.07) is 8.75. The first kappa shape index (κ1) is 28.4. The minimum Gasteiger partial charge on any atom is -0.416 e. The van der Waals surface area contributed by atoms with Gasteiger partial charge in [0.15, 0.2) is 5.65 Å². The smallest absolute Gasteiger partial charge is 0.309 e. The van der Waals surface area contributed by atoms with Gasteiger partial charge < -0.3 is 19.5 Å². The van der Waals surface area contributed by atoms with Crippen molar-refractivity contribution in [1.29, 1.82) is 0 Å². The Bertz CT molecular complexity index is 1820. The largest absolute Gasteiger partial charge is 0.416 e. The van der Waals surface area contributed by atoms with Crippen molar-refractivity contribution in [1.82, 2.24) is 40.2 Å². The first-order valence-electron chi connectivity index (χ1n) is 15.5. The van der Waals surface area contributed by atoms with Gasteiger partial charge in [0.25, 0.3) is 0 Å². The Morgan fingerprint density at radius 1 is 1.07 bits per heavy atom. The maximum atomic E-state index is 13.1.